The molecule has 0 radical (unpaired) electrons. The lowest BCUT2D eigenvalue weighted by Gasteiger charge is -2.38. The first kappa shape index (κ1) is 18.7. The van der Waals surface area contributed by atoms with E-state index in [-0.39, 0.29) is 11.9 Å². The van der Waals surface area contributed by atoms with Gasteiger partial charge in [-0.2, -0.15) is 0 Å². The number of thiophene rings is 1. The highest BCUT2D eigenvalue weighted by atomic mass is 32.1. The van der Waals surface area contributed by atoms with Gasteiger partial charge in [-0.1, -0.05) is 6.07 Å². The van der Waals surface area contributed by atoms with Crippen LogP contribution in [0.25, 0.3) is 5.65 Å². The largest absolute Gasteiger partial charge is 0.347 e. The Morgan fingerprint density at radius 1 is 1.24 bits per heavy atom. The number of fused-ring (bicyclic) bond motifs is 1. The van der Waals surface area contributed by atoms with E-state index in [4.69, 9.17) is 0 Å². The fourth-order valence-electron chi connectivity index (χ4n) is 3.99. The third kappa shape index (κ3) is 4.05. The summed E-state index contributed by atoms with van der Waals surface area (Å²) in [4.78, 5) is 18.7. The molecule has 5 rings (SSSR count). The minimum Gasteiger partial charge on any atom is -0.347 e. The van der Waals surface area contributed by atoms with Crippen LogP contribution in [0.4, 0.5) is 0 Å². The molecule has 1 unspecified atom stereocenters. The summed E-state index contributed by atoms with van der Waals surface area (Å²) in [6.07, 6.45) is 4.62. The summed E-state index contributed by atoms with van der Waals surface area (Å²) in [6.45, 7) is 4.83. The number of nitrogens with zero attached hydrogens (tertiary/aromatic N) is 5. The number of amides is 1. The summed E-state index contributed by atoms with van der Waals surface area (Å²) in [6, 6.07) is 7.90. The monoisotopic (exact) mass is 410 g/mol. The molecular weight excluding hydrogens is 384 g/mol. The van der Waals surface area contributed by atoms with Crippen molar-refractivity contribution < 1.29 is 4.79 Å². The minimum atomic E-state index is -0.0766. The fourth-order valence-corrected chi connectivity index (χ4v) is 4.64. The van der Waals surface area contributed by atoms with Crippen molar-refractivity contribution in [1.82, 2.24) is 29.7 Å². The number of piperazine rings is 1. The highest BCUT2D eigenvalue weighted by Gasteiger charge is 2.32. The molecule has 29 heavy (non-hydrogen) atoms. The van der Waals surface area contributed by atoms with Crippen LogP contribution in [0.5, 0.6) is 0 Å². The summed E-state index contributed by atoms with van der Waals surface area (Å²) in [7, 11) is 2.15. The maximum atomic E-state index is 12.7. The second-order valence-corrected chi connectivity index (χ2v) is 9.20. The van der Waals surface area contributed by atoms with Gasteiger partial charge in [0.05, 0.1) is 18.2 Å². The molecule has 1 aliphatic heterocycles. The third-order valence-electron chi connectivity index (χ3n) is 5.94. The van der Waals surface area contributed by atoms with Crippen LogP contribution in [0.15, 0.2) is 35.8 Å². The second-order valence-electron chi connectivity index (χ2n) is 8.17. The van der Waals surface area contributed by atoms with Crippen molar-refractivity contribution in [1.29, 1.82) is 0 Å². The molecular formula is C21H26N6OS. The second kappa shape index (κ2) is 7.85. The summed E-state index contributed by atoms with van der Waals surface area (Å²) in [5, 5.41) is 13.9. The van der Waals surface area contributed by atoms with E-state index in [2.05, 4.69) is 32.4 Å². The fraction of sp³-hybridized carbons (Fsp3) is 0.476. The van der Waals surface area contributed by atoms with Crippen molar-refractivity contribution >= 4 is 22.9 Å². The van der Waals surface area contributed by atoms with Crippen molar-refractivity contribution in [3.63, 3.8) is 0 Å². The molecule has 1 atom stereocenters. The Kier molecular flexibility index (Phi) is 5.07. The number of nitrogens with one attached hydrogen (secondary N) is 1. The van der Waals surface area contributed by atoms with E-state index in [0.29, 0.717) is 12.1 Å². The van der Waals surface area contributed by atoms with Gasteiger partial charge in [0.1, 0.15) is 0 Å². The molecule has 1 amide bonds. The van der Waals surface area contributed by atoms with Crippen molar-refractivity contribution in [2.24, 2.45) is 5.92 Å². The molecule has 3 aromatic rings. The van der Waals surface area contributed by atoms with Gasteiger partial charge in [0.2, 0.25) is 0 Å². The van der Waals surface area contributed by atoms with Gasteiger partial charge in [0, 0.05) is 37.3 Å². The zero-order valence-electron chi connectivity index (χ0n) is 16.6. The van der Waals surface area contributed by atoms with Crippen LogP contribution in [0, 0.1) is 5.92 Å². The van der Waals surface area contributed by atoms with Gasteiger partial charge in [-0.05, 0) is 49.4 Å². The number of hydrogen-bond acceptors (Lipinski definition) is 6. The zero-order valence-corrected chi connectivity index (χ0v) is 17.4. The average molecular weight is 411 g/mol. The van der Waals surface area contributed by atoms with Gasteiger partial charge in [0.15, 0.2) is 11.5 Å². The van der Waals surface area contributed by atoms with Crippen LogP contribution in [0.1, 0.15) is 39.9 Å². The lowest BCUT2D eigenvalue weighted by Crippen LogP contribution is -2.47. The smallest absolute Gasteiger partial charge is 0.253 e. The minimum absolute atomic E-state index is 0.0766. The van der Waals surface area contributed by atoms with E-state index in [1.54, 1.807) is 11.3 Å². The van der Waals surface area contributed by atoms with Gasteiger partial charge < -0.3 is 5.32 Å². The SMILES string of the molecule is CN1CCN(CC2CC2)CC1c1nnc2ccc(C(=O)NCc3cccs3)cn12. The molecule has 1 aliphatic carbocycles. The van der Waals surface area contributed by atoms with Gasteiger partial charge in [0.25, 0.3) is 5.91 Å². The number of pyridine rings is 1. The van der Waals surface area contributed by atoms with Crippen LogP contribution in [0.3, 0.4) is 0 Å². The third-order valence-corrected chi connectivity index (χ3v) is 6.81. The number of rotatable bonds is 6. The number of aromatic nitrogens is 3. The van der Waals surface area contributed by atoms with Crippen molar-refractivity contribution in [3.8, 4) is 0 Å². The van der Waals surface area contributed by atoms with Gasteiger partial charge in [-0.3, -0.25) is 19.0 Å². The van der Waals surface area contributed by atoms with Crippen LogP contribution >= 0.6 is 11.3 Å². The zero-order chi connectivity index (χ0) is 19.8. The molecule has 1 N–H and O–H groups in total. The first-order valence-corrected chi connectivity index (χ1v) is 11.1. The predicted molar refractivity (Wildman–Crippen MR) is 113 cm³/mol. The summed E-state index contributed by atoms with van der Waals surface area (Å²) in [5.74, 6) is 1.72. The molecule has 2 fully saturated rings. The van der Waals surface area contributed by atoms with Gasteiger partial charge >= 0.3 is 0 Å². The molecule has 8 heteroatoms. The molecule has 1 saturated heterocycles. The summed E-state index contributed by atoms with van der Waals surface area (Å²) in [5.41, 5.74) is 1.41. The highest BCUT2D eigenvalue weighted by Crippen LogP contribution is 2.32. The van der Waals surface area contributed by atoms with Gasteiger partial charge in [-0.15, -0.1) is 21.5 Å². The summed E-state index contributed by atoms with van der Waals surface area (Å²) >= 11 is 1.64. The first-order valence-electron chi connectivity index (χ1n) is 10.3. The summed E-state index contributed by atoms with van der Waals surface area (Å²) < 4.78 is 1.99. The first-order chi connectivity index (χ1) is 14.2. The van der Waals surface area contributed by atoms with Crippen molar-refractivity contribution in [2.45, 2.75) is 25.4 Å². The lowest BCUT2D eigenvalue weighted by molar-refractivity contribution is 0.0869. The molecule has 0 spiro atoms. The molecule has 0 aromatic carbocycles. The Bertz CT molecular complexity index is 996. The molecule has 0 bridgehead atoms. The van der Waals surface area contributed by atoms with Crippen LogP contribution in [0.2, 0.25) is 0 Å². The number of hydrogen-bond donors (Lipinski definition) is 1. The van der Waals surface area contributed by atoms with Crippen LogP contribution < -0.4 is 5.32 Å². The number of carbonyl (C=O) groups excluding carboxylic acids is 1. The van der Waals surface area contributed by atoms with E-state index in [0.717, 1.165) is 41.9 Å². The average Bonchev–Trinajstić information content (AvgIpc) is 3.22. The van der Waals surface area contributed by atoms with Crippen LogP contribution in [-0.4, -0.2) is 63.5 Å². The molecule has 7 nitrogen and oxygen atoms in total. The maximum Gasteiger partial charge on any atom is 0.253 e. The normalized spacial score (nSPS) is 20.9. The lowest BCUT2D eigenvalue weighted by atomic mass is 10.1. The van der Waals surface area contributed by atoms with E-state index < -0.39 is 0 Å². The molecule has 4 heterocycles. The topological polar surface area (TPSA) is 65.8 Å². The predicted octanol–water partition coefficient (Wildman–Crippen LogP) is 2.42. The van der Waals surface area contributed by atoms with E-state index >= 15 is 0 Å². The Labute approximate surface area is 174 Å². The van der Waals surface area contributed by atoms with Crippen molar-refractivity contribution in [2.75, 3.05) is 33.2 Å². The number of carbonyl (C=O) groups is 1. The molecule has 152 valence electrons. The quantitative estimate of drug-likeness (QED) is 0.676. The van der Waals surface area contributed by atoms with Gasteiger partial charge in [-0.25, -0.2) is 0 Å². The Morgan fingerprint density at radius 3 is 2.93 bits per heavy atom. The van der Waals surface area contributed by atoms with Crippen LogP contribution in [-0.2, 0) is 6.54 Å². The highest BCUT2D eigenvalue weighted by molar-refractivity contribution is 7.09. The maximum absolute atomic E-state index is 12.7. The van der Waals surface area contributed by atoms with E-state index in [1.807, 2.05) is 40.2 Å². The Balaban J connectivity index is 1.36. The standard InChI is InChI=1S/C21H26N6OS/c1-25-8-9-26(12-15-4-5-15)14-18(25)20-24-23-19-7-6-16(13-27(19)20)21(28)22-11-17-3-2-10-29-17/h2-3,6-7,10,13,15,18H,4-5,8-9,11-12,14H2,1H3,(H,22,28). The van der Waals surface area contributed by atoms with E-state index in [9.17, 15) is 4.79 Å². The Morgan fingerprint density at radius 2 is 2.14 bits per heavy atom. The van der Waals surface area contributed by atoms with E-state index in [1.165, 1.54) is 19.4 Å². The van der Waals surface area contributed by atoms with Crippen molar-refractivity contribution in [3.05, 3.63) is 52.1 Å². The molecule has 3 aromatic heterocycles. The number of likely N-dealkylation sites (N-methyl/N-ethyl adjacent to an activating group) is 1. The Hall–Kier alpha value is -2.29. The molecule has 1 saturated carbocycles. The molecule has 2 aliphatic rings.